The highest BCUT2D eigenvalue weighted by atomic mass is 35.5. The van der Waals surface area contributed by atoms with Crippen LogP contribution in [0.1, 0.15) is 6.92 Å². The van der Waals surface area contributed by atoms with Crippen LogP contribution in [0.4, 0.5) is 5.69 Å². The Balaban J connectivity index is 2.27. The Bertz CT molecular complexity index is 690. The smallest absolute Gasteiger partial charge is 0.332 e. The number of halogens is 1. The number of anilines is 1. The van der Waals surface area contributed by atoms with Crippen LogP contribution in [0.2, 0.25) is 5.02 Å². The van der Waals surface area contributed by atoms with Gasteiger partial charge in [-0.25, -0.2) is 4.79 Å². The molecule has 0 bridgehead atoms. The lowest BCUT2D eigenvalue weighted by Gasteiger charge is -2.12. The number of rotatable bonds is 4. The summed E-state index contributed by atoms with van der Waals surface area (Å²) in [5.74, 6) is -1.46. The Labute approximate surface area is 126 Å². The topological polar surface area (TPSA) is 94.3 Å². The summed E-state index contributed by atoms with van der Waals surface area (Å²) in [7, 11) is 0. The minimum atomic E-state index is -1.40. The normalized spacial score (nSPS) is 12.0. The fourth-order valence-electron chi connectivity index (χ4n) is 1.80. The van der Waals surface area contributed by atoms with Gasteiger partial charge in [-0.05, 0) is 25.1 Å². The molecule has 0 saturated carbocycles. The monoisotopic (exact) mass is 307 g/mol. The molecule has 1 atom stereocenters. The predicted octanol–water partition coefficient (Wildman–Crippen LogP) is 1.72. The number of ether oxygens (including phenoxy) is 1. The van der Waals surface area contributed by atoms with Crippen LogP contribution in [0.15, 0.2) is 30.5 Å². The molecule has 0 aliphatic heterocycles. The third kappa shape index (κ3) is 3.48. The quantitative estimate of drug-likeness (QED) is 0.662. The van der Waals surface area contributed by atoms with Crippen molar-refractivity contribution in [3.8, 4) is 0 Å². The highest BCUT2D eigenvalue weighted by Gasteiger charge is 2.24. The van der Waals surface area contributed by atoms with Crippen molar-refractivity contribution in [1.82, 2.24) is 4.98 Å². The van der Waals surface area contributed by atoms with Crippen LogP contribution >= 0.6 is 11.6 Å². The minimum absolute atomic E-state index is 0.154. The van der Waals surface area contributed by atoms with Gasteiger partial charge in [0.1, 0.15) is 0 Å². The number of carbonyl (C=O) groups is 2. The SMILES string of the molecule is CCOC(=O)C(N)C(=O)Nc1cc(Cl)cc2cccnc12. The number of amides is 1. The lowest BCUT2D eigenvalue weighted by Crippen LogP contribution is -2.43. The third-order valence-electron chi connectivity index (χ3n) is 2.75. The van der Waals surface area contributed by atoms with Crippen molar-refractivity contribution in [1.29, 1.82) is 0 Å². The summed E-state index contributed by atoms with van der Waals surface area (Å²) >= 11 is 6.00. The molecule has 2 rings (SSSR count). The zero-order chi connectivity index (χ0) is 15.4. The molecular weight excluding hydrogens is 294 g/mol. The van der Waals surface area contributed by atoms with Gasteiger partial charge in [0.05, 0.1) is 17.8 Å². The van der Waals surface area contributed by atoms with Gasteiger partial charge in [-0.3, -0.25) is 9.78 Å². The van der Waals surface area contributed by atoms with Crippen LogP contribution < -0.4 is 11.1 Å². The van der Waals surface area contributed by atoms with E-state index in [1.54, 1.807) is 31.3 Å². The number of nitrogens with one attached hydrogen (secondary N) is 1. The molecule has 6 nitrogen and oxygen atoms in total. The highest BCUT2D eigenvalue weighted by molar-refractivity contribution is 6.32. The van der Waals surface area contributed by atoms with Crippen molar-refractivity contribution in [2.24, 2.45) is 5.73 Å². The van der Waals surface area contributed by atoms with E-state index in [1.807, 2.05) is 6.07 Å². The first-order chi connectivity index (χ1) is 10.0. The van der Waals surface area contributed by atoms with Gasteiger partial charge < -0.3 is 15.8 Å². The van der Waals surface area contributed by atoms with Crippen LogP contribution in [0.5, 0.6) is 0 Å². The summed E-state index contributed by atoms with van der Waals surface area (Å²) < 4.78 is 4.71. The van der Waals surface area contributed by atoms with E-state index >= 15 is 0 Å². The van der Waals surface area contributed by atoms with E-state index in [9.17, 15) is 9.59 Å². The zero-order valence-corrected chi connectivity index (χ0v) is 12.1. The Kier molecular flexibility index (Phi) is 4.72. The second-order valence-electron chi connectivity index (χ2n) is 4.25. The first-order valence-corrected chi connectivity index (χ1v) is 6.68. The molecule has 0 aliphatic carbocycles. The van der Waals surface area contributed by atoms with Crippen molar-refractivity contribution >= 4 is 40.1 Å². The maximum Gasteiger partial charge on any atom is 0.332 e. The lowest BCUT2D eigenvalue weighted by molar-refractivity contribution is -0.146. The number of fused-ring (bicyclic) bond motifs is 1. The van der Waals surface area contributed by atoms with Crippen LogP contribution in [-0.4, -0.2) is 29.5 Å². The number of carbonyl (C=O) groups excluding carboxylic acids is 2. The van der Waals surface area contributed by atoms with E-state index in [2.05, 4.69) is 10.3 Å². The molecule has 1 aromatic carbocycles. The maximum atomic E-state index is 12.0. The summed E-state index contributed by atoms with van der Waals surface area (Å²) in [6, 6.07) is 5.45. The van der Waals surface area contributed by atoms with E-state index < -0.39 is 17.9 Å². The standard InChI is InChI=1S/C14H14ClN3O3/c1-2-21-14(20)11(16)13(19)18-10-7-9(15)6-8-4-3-5-17-12(8)10/h3-7,11H,2,16H2,1H3,(H,18,19). The molecule has 110 valence electrons. The van der Waals surface area contributed by atoms with Crippen molar-refractivity contribution < 1.29 is 14.3 Å². The van der Waals surface area contributed by atoms with Crippen molar-refractivity contribution in [2.75, 3.05) is 11.9 Å². The molecule has 2 aromatic rings. The molecule has 0 fully saturated rings. The Morgan fingerprint density at radius 1 is 1.48 bits per heavy atom. The van der Waals surface area contributed by atoms with Gasteiger partial charge in [-0.15, -0.1) is 0 Å². The number of esters is 1. The van der Waals surface area contributed by atoms with E-state index in [4.69, 9.17) is 22.1 Å². The minimum Gasteiger partial charge on any atom is -0.464 e. The molecule has 0 spiro atoms. The summed E-state index contributed by atoms with van der Waals surface area (Å²) in [6.45, 7) is 1.79. The molecule has 1 unspecified atom stereocenters. The number of benzene rings is 1. The number of nitrogens with two attached hydrogens (primary N) is 1. The van der Waals surface area contributed by atoms with Gasteiger partial charge in [-0.2, -0.15) is 0 Å². The van der Waals surface area contributed by atoms with Crippen molar-refractivity contribution in [3.05, 3.63) is 35.5 Å². The van der Waals surface area contributed by atoms with Gasteiger partial charge >= 0.3 is 5.97 Å². The summed E-state index contributed by atoms with van der Waals surface area (Å²) in [4.78, 5) is 27.6. The summed E-state index contributed by atoms with van der Waals surface area (Å²) in [5.41, 5.74) is 6.49. The molecule has 0 saturated heterocycles. The van der Waals surface area contributed by atoms with E-state index in [-0.39, 0.29) is 6.61 Å². The molecule has 1 heterocycles. The van der Waals surface area contributed by atoms with E-state index in [0.717, 1.165) is 5.39 Å². The molecule has 3 N–H and O–H groups in total. The van der Waals surface area contributed by atoms with Crippen LogP contribution in [-0.2, 0) is 14.3 Å². The van der Waals surface area contributed by atoms with Crippen molar-refractivity contribution in [3.63, 3.8) is 0 Å². The third-order valence-corrected chi connectivity index (χ3v) is 2.97. The fourth-order valence-corrected chi connectivity index (χ4v) is 2.03. The van der Waals surface area contributed by atoms with Crippen LogP contribution in [0, 0.1) is 0 Å². The van der Waals surface area contributed by atoms with Crippen molar-refractivity contribution in [2.45, 2.75) is 13.0 Å². The van der Waals surface area contributed by atoms with E-state index in [1.165, 1.54) is 0 Å². The molecule has 0 aliphatic rings. The Hall–Kier alpha value is -2.18. The van der Waals surface area contributed by atoms with Gasteiger partial charge in [0.15, 0.2) is 6.04 Å². The van der Waals surface area contributed by atoms with Gasteiger partial charge in [0.25, 0.3) is 5.91 Å². The molecule has 1 aromatic heterocycles. The van der Waals surface area contributed by atoms with Gasteiger partial charge in [0.2, 0.25) is 0 Å². The number of nitrogens with zero attached hydrogens (tertiary/aromatic N) is 1. The second-order valence-corrected chi connectivity index (χ2v) is 4.68. The van der Waals surface area contributed by atoms with Crippen LogP contribution in [0.25, 0.3) is 10.9 Å². The molecular formula is C14H14ClN3O3. The zero-order valence-electron chi connectivity index (χ0n) is 11.3. The van der Waals surface area contributed by atoms with Gasteiger partial charge in [-0.1, -0.05) is 17.7 Å². The summed E-state index contributed by atoms with van der Waals surface area (Å²) in [6.07, 6.45) is 1.59. The first-order valence-electron chi connectivity index (χ1n) is 6.30. The predicted molar refractivity (Wildman–Crippen MR) is 80.0 cm³/mol. The average Bonchev–Trinajstić information content (AvgIpc) is 2.46. The number of hydrogen-bond acceptors (Lipinski definition) is 5. The molecule has 0 radical (unpaired) electrons. The second kappa shape index (κ2) is 6.51. The Morgan fingerprint density at radius 3 is 2.95 bits per heavy atom. The van der Waals surface area contributed by atoms with Gasteiger partial charge in [0, 0.05) is 16.6 Å². The number of hydrogen-bond donors (Lipinski definition) is 2. The first kappa shape index (κ1) is 15.2. The number of pyridine rings is 1. The molecule has 1 amide bonds. The fraction of sp³-hybridized carbons (Fsp3) is 0.214. The van der Waals surface area contributed by atoms with Crippen LogP contribution in [0.3, 0.4) is 0 Å². The maximum absolute atomic E-state index is 12.0. The molecule has 21 heavy (non-hydrogen) atoms. The Morgan fingerprint density at radius 2 is 2.24 bits per heavy atom. The highest BCUT2D eigenvalue weighted by Crippen LogP contribution is 2.26. The average molecular weight is 308 g/mol. The lowest BCUT2D eigenvalue weighted by atomic mass is 10.2. The van der Waals surface area contributed by atoms with E-state index in [0.29, 0.717) is 16.2 Å². The summed E-state index contributed by atoms with van der Waals surface area (Å²) in [5, 5.41) is 3.76. The largest absolute Gasteiger partial charge is 0.464 e. The molecule has 7 heteroatoms. The number of aromatic nitrogens is 1.